The summed E-state index contributed by atoms with van der Waals surface area (Å²) in [6, 6.07) is 5.52. The number of nitrogens with one attached hydrogen (secondary N) is 1. The summed E-state index contributed by atoms with van der Waals surface area (Å²) >= 11 is 0. The summed E-state index contributed by atoms with van der Waals surface area (Å²) < 4.78 is 36.1. The second-order valence-corrected chi connectivity index (χ2v) is 4.41. The van der Waals surface area contributed by atoms with E-state index >= 15 is 0 Å². The average molecular weight is 304 g/mol. The zero-order valence-electron chi connectivity index (χ0n) is 11.3. The molecule has 0 saturated carbocycles. The molecule has 1 aromatic carbocycles. The van der Waals surface area contributed by atoms with Crippen molar-refractivity contribution in [3.63, 3.8) is 0 Å². The first kappa shape index (κ1) is 16.8. The average Bonchev–Trinajstić information content (AvgIpc) is 2.35. The molecule has 1 aromatic rings. The van der Waals surface area contributed by atoms with E-state index in [1.807, 2.05) is 6.92 Å². The highest BCUT2D eigenvalue weighted by Crippen LogP contribution is 2.19. The Morgan fingerprint density at radius 1 is 1.24 bits per heavy atom. The second-order valence-electron chi connectivity index (χ2n) is 4.41. The number of hydrogen-bond acceptors (Lipinski definition) is 2. The lowest BCUT2D eigenvalue weighted by Gasteiger charge is -2.21. The van der Waals surface area contributed by atoms with Crippen LogP contribution in [0.5, 0.6) is 0 Å². The van der Waals surface area contributed by atoms with Gasteiger partial charge < -0.3 is 10.4 Å². The molecule has 0 radical (unpaired) electrons. The second kappa shape index (κ2) is 6.96. The van der Waals surface area contributed by atoms with Gasteiger partial charge >= 0.3 is 18.2 Å². The molecule has 8 heteroatoms. The molecule has 0 aliphatic carbocycles. The fraction of sp³-hybridized carbons (Fsp3) is 0.385. The van der Waals surface area contributed by atoms with Gasteiger partial charge in [-0.1, -0.05) is 17.7 Å². The summed E-state index contributed by atoms with van der Waals surface area (Å²) in [6.07, 6.45) is -5.55. The quantitative estimate of drug-likeness (QED) is 0.878. The lowest BCUT2D eigenvalue weighted by atomic mass is 10.2. The van der Waals surface area contributed by atoms with Crippen molar-refractivity contribution in [1.29, 1.82) is 0 Å². The number of carboxylic acid groups (broad SMARTS) is 1. The Balaban J connectivity index is 2.75. The Hall–Kier alpha value is -2.25. The van der Waals surface area contributed by atoms with Crippen molar-refractivity contribution in [3.05, 3.63) is 29.8 Å². The maximum atomic E-state index is 12.0. The van der Waals surface area contributed by atoms with Crippen molar-refractivity contribution in [2.24, 2.45) is 0 Å². The van der Waals surface area contributed by atoms with Crippen LogP contribution in [-0.2, 0) is 4.79 Å². The number of alkyl halides is 3. The van der Waals surface area contributed by atoms with Crippen molar-refractivity contribution in [2.75, 3.05) is 18.0 Å². The minimum Gasteiger partial charge on any atom is -0.480 e. The number of aliphatic carboxylic acids is 1. The smallest absolute Gasteiger partial charge is 0.390 e. The molecule has 0 aromatic heterocycles. The maximum absolute atomic E-state index is 12.0. The van der Waals surface area contributed by atoms with Gasteiger partial charge in [-0.3, -0.25) is 9.69 Å². The van der Waals surface area contributed by atoms with Gasteiger partial charge in [-0.05, 0) is 19.1 Å². The van der Waals surface area contributed by atoms with Gasteiger partial charge in [0.2, 0.25) is 0 Å². The molecule has 5 nitrogen and oxygen atoms in total. The molecular weight excluding hydrogens is 289 g/mol. The van der Waals surface area contributed by atoms with Crippen LogP contribution in [0.15, 0.2) is 24.3 Å². The number of anilines is 1. The summed E-state index contributed by atoms with van der Waals surface area (Å²) in [5.41, 5.74) is 1.21. The van der Waals surface area contributed by atoms with E-state index < -0.39 is 37.7 Å². The molecular formula is C13H15F3N2O3. The monoisotopic (exact) mass is 304 g/mol. The van der Waals surface area contributed by atoms with Crippen molar-refractivity contribution >= 4 is 17.7 Å². The van der Waals surface area contributed by atoms with Crippen LogP contribution in [0, 0.1) is 6.92 Å². The fourth-order valence-corrected chi connectivity index (χ4v) is 1.55. The van der Waals surface area contributed by atoms with Crippen LogP contribution in [0.1, 0.15) is 12.0 Å². The van der Waals surface area contributed by atoms with E-state index in [0.717, 1.165) is 10.5 Å². The van der Waals surface area contributed by atoms with Gasteiger partial charge in [0.05, 0.1) is 6.42 Å². The number of halogens is 3. The molecule has 0 spiro atoms. The molecule has 0 atom stereocenters. The van der Waals surface area contributed by atoms with E-state index in [1.54, 1.807) is 12.1 Å². The Morgan fingerprint density at radius 3 is 2.29 bits per heavy atom. The standard InChI is InChI=1S/C13H15F3N2O3/c1-9-2-4-10(5-3-9)18(8-11(19)20)12(21)17-7-6-13(14,15)16/h2-5H,6-8H2,1H3,(H,17,21)(H,19,20). The van der Waals surface area contributed by atoms with Gasteiger partial charge in [0, 0.05) is 12.2 Å². The predicted molar refractivity (Wildman–Crippen MR) is 70.2 cm³/mol. The maximum Gasteiger partial charge on any atom is 0.390 e. The van der Waals surface area contributed by atoms with E-state index in [9.17, 15) is 22.8 Å². The molecule has 0 saturated heterocycles. The normalized spacial score (nSPS) is 11.0. The minimum absolute atomic E-state index is 0.299. The largest absolute Gasteiger partial charge is 0.480 e. The minimum atomic E-state index is -4.38. The van der Waals surface area contributed by atoms with Crippen LogP contribution in [0.2, 0.25) is 0 Å². The Bertz CT molecular complexity index is 500. The molecule has 1 rings (SSSR count). The molecule has 0 bridgehead atoms. The summed E-state index contributed by atoms with van der Waals surface area (Å²) in [5, 5.41) is 10.9. The number of carboxylic acids is 1. The third-order valence-corrected chi connectivity index (χ3v) is 2.57. The van der Waals surface area contributed by atoms with Gasteiger partial charge in [-0.2, -0.15) is 13.2 Å². The zero-order valence-corrected chi connectivity index (χ0v) is 11.3. The lowest BCUT2D eigenvalue weighted by molar-refractivity contribution is -0.135. The van der Waals surface area contributed by atoms with Crippen LogP contribution in [0.3, 0.4) is 0 Å². The number of hydrogen-bond donors (Lipinski definition) is 2. The third-order valence-electron chi connectivity index (χ3n) is 2.57. The first-order valence-electron chi connectivity index (χ1n) is 6.09. The van der Waals surface area contributed by atoms with Crippen LogP contribution in [0.25, 0.3) is 0 Å². The van der Waals surface area contributed by atoms with E-state index in [2.05, 4.69) is 5.32 Å². The molecule has 21 heavy (non-hydrogen) atoms. The molecule has 2 amide bonds. The van der Waals surface area contributed by atoms with E-state index in [4.69, 9.17) is 5.11 Å². The van der Waals surface area contributed by atoms with E-state index in [0.29, 0.717) is 5.69 Å². The van der Waals surface area contributed by atoms with Gasteiger partial charge in [-0.15, -0.1) is 0 Å². The summed E-state index contributed by atoms with van der Waals surface area (Å²) in [4.78, 5) is 23.5. The summed E-state index contributed by atoms with van der Waals surface area (Å²) in [6.45, 7) is 0.569. The van der Waals surface area contributed by atoms with Gasteiger partial charge in [-0.25, -0.2) is 4.79 Å². The molecule has 0 fully saturated rings. The zero-order chi connectivity index (χ0) is 16.0. The van der Waals surface area contributed by atoms with Gasteiger partial charge in [0.1, 0.15) is 6.54 Å². The molecule has 0 unspecified atom stereocenters. The number of nitrogens with zero attached hydrogens (tertiary/aromatic N) is 1. The van der Waals surface area contributed by atoms with Crippen LogP contribution in [-0.4, -0.2) is 36.4 Å². The number of rotatable bonds is 5. The third kappa shape index (κ3) is 6.15. The number of benzene rings is 1. The summed E-state index contributed by atoms with van der Waals surface area (Å²) in [7, 11) is 0. The van der Waals surface area contributed by atoms with Crippen LogP contribution in [0.4, 0.5) is 23.7 Å². The number of urea groups is 1. The Kier molecular flexibility index (Phi) is 5.57. The predicted octanol–water partition coefficient (Wildman–Crippen LogP) is 2.55. The number of aryl methyl sites for hydroxylation is 1. The highest BCUT2D eigenvalue weighted by atomic mass is 19.4. The van der Waals surface area contributed by atoms with Crippen molar-refractivity contribution in [3.8, 4) is 0 Å². The molecule has 116 valence electrons. The molecule has 0 heterocycles. The van der Waals surface area contributed by atoms with Crippen LogP contribution < -0.4 is 10.2 Å². The van der Waals surface area contributed by atoms with Crippen molar-refractivity contribution < 1.29 is 27.9 Å². The van der Waals surface area contributed by atoms with E-state index in [1.165, 1.54) is 12.1 Å². The highest BCUT2D eigenvalue weighted by Gasteiger charge is 2.27. The van der Waals surface area contributed by atoms with Crippen molar-refractivity contribution in [2.45, 2.75) is 19.5 Å². The first-order valence-corrected chi connectivity index (χ1v) is 6.09. The SMILES string of the molecule is Cc1ccc(N(CC(=O)O)C(=O)NCCC(F)(F)F)cc1. The summed E-state index contributed by atoms with van der Waals surface area (Å²) in [5.74, 6) is -1.26. The van der Waals surface area contributed by atoms with Crippen molar-refractivity contribution in [1.82, 2.24) is 5.32 Å². The van der Waals surface area contributed by atoms with Gasteiger partial charge in [0.15, 0.2) is 0 Å². The Labute approximate surface area is 119 Å². The number of carbonyl (C=O) groups is 2. The fourth-order valence-electron chi connectivity index (χ4n) is 1.55. The topological polar surface area (TPSA) is 69.6 Å². The Morgan fingerprint density at radius 2 is 1.81 bits per heavy atom. The molecule has 2 N–H and O–H groups in total. The van der Waals surface area contributed by atoms with E-state index in [-0.39, 0.29) is 0 Å². The lowest BCUT2D eigenvalue weighted by Crippen LogP contribution is -2.43. The van der Waals surface area contributed by atoms with Gasteiger partial charge in [0.25, 0.3) is 0 Å². The first-order chi connectivity index (χ1) is 9.69. The number of amides is 2. The molecule has 0 aliphatic rings. The molecule has 0 aliphatic heterocycles. The highest BCUT2D eigenvalue weighted by molar-refractivity contribution is 5.96. The number of carbonyl (C=O) groups excluding carboxylic acids is 1. The van der Waals surface area contributed by atoms with Crippen LogP contribution >= 0.6 is 0 Å².